The number of ether oxygens (including phenoxy) is 1. The van der Waals surface area contributed by atoms with E-state index in [1.165, 1.54) is 12.1 Å². The molecule has 0 spiro atoms. The Morgan fingerprint density at radius 3 is 1.89 bits per heavy atom. The first-order chi connectivity index (χ1) is 8.63. The molecule has 1 saturated heterocycles. The van der Waals surface area contributed by atoms with E-state index in [2.05, 4.69) is 0 Å². The molecule has 2 atom stereocenters. The maximum atomic E-state index is 13.0. The first-order valence-electron chi connectivity index (χ1n) is 5.83. The van der Waals surface area contributed by atoms with E-state index in [9.17, 15) is 4.39 Å². The van der Waals surface area contributed by atoms with Gasteiger partial charge in [-0.05, 0) is 42.3 Å². The Hall–Kier alpha value is -1.38. The Morgan fingerprint density at radius 2 is 1.44 bits per heavy atom. The van der Waals surface area contributed by atoms with Crippen LogP contribution in [0.4, 0.5) is 4.39 Å². The van der Waals surface area contributed by atoms with Gasteiger partial charge in [-0.1, -0.05) is 35.9 Å². The molecule has 1 heterocycles. The van der Waals surface area contributed by atoms with Crippen LogP contribution >= 0.6 is 11.6 Å². The van der Waals surface area contributed by atoms with Crippen molar-refractivity contribution >= 4 is 11.6 Å². The van der Waals surface area contributed by atoms with Crippen molar-refractivity contribution in [2.75, 3.05) is 0 Å². The van der Waals surface area contributed by atoms with Gasteiger partial charge >= 0.3 is 0 Å². The molecule has 1 nitrogen and oxygen atoms in total. The monoisotopic (exact) mass is 262 g/mol. The summed E-state index contributed by atoms with van der Waals surface area (Å²) in [6.07, 6.45) is 0.0872. The zero-order valence-corrected chi connectivity index (χ0v) is 10.6. The standard InChI is InChI=1S/C15H12ClFO/c1-10-15(18-10,11-2-6-13(16)7-3-11)12-4-8-14(17)9-5-12/h2-10H,1H3. The number of benzene rings is 2. The molecule has 0 saturated carbocycles. The molecule has 1 aliphatic rings. The summed E-state index contributed by atoms with van der Waals surface area (Å²) < 4.78 is 18.8. The van der Waals surface area contributed by atoms with Crippen molar-refractivity contribution in [1.82, 2.24) is 0 Å². The summed E-state index contributed by atoms with van der Waals surface area (Å²) in [5.41, 5.74) is 1.57. The van der Waals surface area contributed by atoms with E-state index in [1.807, 2.05) is 31.2 Å². The lowest BCUT2D eigenvalue weighted by Crippen LogP contribution is -2.13. The second-order valence-electron chi connectivity index (χ2n) is 4.51. The molecular formula is C15H12ClFO. The predicted octanol–water partition coefficient (Wildman–Crippen LogP) is 4.14. The molecule has 0 aliphatic carbocycles. The molecule has 3 rings (SSSR count). The van der Waals surface area contributed by atoms with Crippen LogP contribution in [0.5, 0.6) is 0 Å². The Morgan fingerprint density at radius 1 is 1.00 bits per heavy atom. The van der Waals surface area contributed by atoms with Gasteiger partial charge in [-0.2, -0.15) is 0 Å². The quantitative estimate of drug-likeness (QED) is 0.741. The lowest BCUT2D eigenvalue weighted by molar-refractivity contribution is 0.332. The third kappa shape index (κ3) is 1.73. The van der Waals surface area contributed by atoms with E-state index in [-0.39, 0.29) is 11.9 Å². The Kier molecular flexibility index (Phi) is 2.65. The SMILES string of the molecule is CC1OC1(c1ccc(F)cc1)c1ccc(Cl)cc1. The highest BCUT2D eigenvalue weighted by atomic mass is 35.5. The second kappa shape index (κ2) is 4.08. The van der Waals surface area contributed by atoms with Crippen molar-refractivity contribution in [3.05, 3.63) is 70.5 Å². The van der Waals surface area contributed by atoms with Crippen molar-refractivity contribution in [2.24, 2.45) is 0 Å². The van der Waals surface area contributed by atoms with Crippen molar-refractivity contribution < 1.29 is 9.13 Å². The van der Waals surface area contributed by atoms with Crippen LogP contribution in [0, 0.1) is 5.82 Å². The highest BCUT2D eigenvalue weighted by molar-refractivity contribution is 6.30. The fraction of sp³-hybridized carbons (Fsp3) is 0.200. The van der Waals surface area contributed by atoms with Gasteiger partial charge in [0.05, 0.1) is 6.10 Å². The average molecular weight is 263 g/mol. The highest BCUT2D eigenvalue weighted by Crippen LogP contribution is 2.51. The van der Waals surface area contributed by atoms with Gasteiger partial charge in [0.1, 0.15) is 11.4 Å². The van der Waals surface area contributed by atoms with Gasteiger partial charge in [0.15, 0.2) is 0 Å². The molecule has 3 heteroatoms. The minimum absolute atomic E-state index is 0.0872. The zero-order chi connectivity index (χ0) is 12.8. The molecule has 1 fully saturated rings. The maximum absolute atomic E-state index is 13.0. The van der Waals surface area contributed by atoms with Crippen LogP contribution in [-0.4, -0.2) is 6.10 Å². The summed E-state index contributed by atoms with van der Waals surface area (Å²) in [6, 6.07) is 14.1. The van der Waals surface area contributed by atoms with Gasteiger partial charge in [-0.25, -0.2) is 4.39 Å². The Balaban J connectivity index is 2.06. The van der Waals surface area contributed by atoms with Gasteiger partial charge in [-0.3, -0.25) is 0 Å². The molecule has 0 amide bonds. The van der Waals surface area contributed by atoms with E-state index < -0.39 is 5.60 Å². The van der Waals surface area contributed by atoms with Crippen LogP contribution in [0.3, 0.4) is 0 Å². The molecule has 0 aromatic heterocycles. The predicted molar refractivity (Wildman–Crippen MR) is 69.2 cm³/mol. The largest absolute Gasteiger partial charge is 0.356 e. The molecule has 18 heavy (non-hydrogen) atoms. The lowest BCUT2D eigenvalue weighted by atomic mass is 9.88. The van der Waals surface area contributed by atoms with E-state index in [4.69, 9.17) is 16.3 Å². The van der Waals surface area contributed by atoms with Crippen molar-refractivity contribution in [1.29, 1.82) is 0 Å². The van der Waals surface area contributed by atoms with E-state index in [0.717, 1.165) is 11.1 Å². The molecule has 92 valence electrons. The number of hydrogen-bond donors (Lipinski definition) is 0. The fourth-order valence-electron chi connectivity index (χ4n) is 2.41. The second-order valence-corrected chi connectivity index (χ2v) is 4.95. The van der Waals surface area contributed by atoms with E-state index in [0.29, 0.717) is 5.02 Å². The van der Waals surface area contributed by atoms with Gasteiger partial charge in [0, 0.05) is 5.02 Å². The molecule has 1 aliphatic heterocycles. The number of rotatable bonds is 2. The van der Waals surface area contributed by atoms with Crippen LogP contribution in [0.15, 0.2) is 48.5 Å². The van der Waals surface area contributed by atoms with Gasteiger partial charge in [0.25, 0.3) is 0 Å². The normalized spacial score (nSPS) is 26.1. The average Bonchev–Trinajstić information content (AvgIpc) is 3.04. The smallest absolute Gasteiger partial charge is 0.144 e. The van der Waals surface area contributed by atoms with Crippen LogP contribution in [0.25, 0.3) is 0 Å². The Labute approximate surface area is 110 Å². The molecular weight excluding hydrogens is 251 g/mol. The fourth-order valence-corrected chi connectivity index (χ4v) is 2.54. The van der Waals surface area contributed by atoms with Crippen LogP contribution in [0.1, 0.15) is 18.1 Å². The molecule has 0 N–H and O–H groups in total. The van der Waals surface area contributed by atoms with Crippen LogP contribution < -0.4 is 0 Å². The Bertz CT molecular complexity index is 517. The third-order valence-corrected chi connectivity index (χ3v) is 3.68. The van der Waals surface area contributed by atoms with E-state index in [1.54, 1.807) is 12.1 Å². The highest BCUT2D eigenvalue weighted by Gasteiger charge is 2.56. The molecule has 2 aromatic carbocycles. The maximum Gasteiger partial charge on any atom is 0.144 e. The number of hydrogen-bond acceptors (Lipinski definition) is 1. The summed E-state index contributed by atoms with van der Waals surface area (Å²) in [5.74, 6) is -0.238. The van der Waals surface area contributed by atoms with E-state index >= 15 is 0 Å². The van der Waals surface area contributed by atoms with Gasteiger partial charge in [0.2, 0.25) is 0 Å². The van der Waals surface area contributed by atoms with Crippen molar-refractivity contribution in [3.8, 4) is 0 Å². The summed E-state index contributed by atoms with van der Waals surface area (Å²) in [5, 5.41) is 0.696. The molecule has 0 bridgehead atoms. The third-order valence-electron chi connectivity index (χ3n) is 3.42. The first kappa shape index (κ1) is 11.7. The molecule has 2 aromatic rings. The summed E-state index contributed by atoms with van der Waals surface area (Å²) in [7, 11) is 0. The number of epoxide rings is 1. The van der Waals surface area contributed by atoms with Crippen LogP contribution in [-0.2, 0) is 10.3 Å². The minimum atomic E-state index is -0.446. The minimum Gasteiger partial charge on any atom is -0.356 e. The van der Waals surface area contributed by atoms with Gasteiger partial charge < -0.3 is 4.74 Å². The number of halogens is 2. The zero-order valence-electron chi connectivity index (χ0n) is 9.86. The summed E-state index contributed by atoms with van der Waals surface area (Å²) in [6.45, 7) is 2.01. The summed E-state index contributed by atoms with van der Waals surface area (Å²) in [4.78, 5) is 0. The van der Waals surface area contributed by atoms with Gasteiger partial charge in [-0.15, -0.1) is 0 Å². The summed E-state index contributed by atoms with van der Waals surface area (Å²) >= 11 is 5.89. The molecule has 2 unspecified atom stereocenters. The topological polar surface area (TPSA) is 12.5 Å². The van der Waals surface area contributed by atoms with Crippen molar-refractivity contribution in [3.63, 3.8) is 0 Å². The first-order valence-corrected chi connectivity index (χ1v) is 6.20. The van der Waals surface area contributed by atoms with Crippen LogP contribution in [0.2, 0.25) is 5.02 Å². The van der Waals surface area contributed by atoms with Crippen molar-refractivity contribution in [2.45, 2.75) is 18.6 Å². The lowest BCUT2D eigenvalue weighted by Gasteiger charge is -2.14. The molecule has 0 radical (unpaired) electrons.